The fourth-order valence-corrected chi connectivity index (χ4v) is 1.86. The molecule has 3 aromatic rings. The molecule has 0 radical (unpaired) electrons. The topological polar surface area (TPSA) is 80.6 Å². The number of nitrogens with two attached hydrogens (primary N) is 1. The molecule has 0 aliphatic carbocycles. The number of benzene rings is 1. The van der Waals surface area contributed by atoms with Gasteiger partial charge in [-0.05, 0) is 18.2 Å². The number of fused-ring (bicyclic) bond motifs is 1. The summed E-state index contributed by atoms with van der Waals surface area (Å²) in [5, 5.41) is 12.8. The summed E-state index contributed by atoms with van der Waals surface area (Å²) in [5.41, 5.74) is 7.09. The van der Waals surface area contributed by atoms with Crippen molar-refractivity contribution in [2.75, 3.05) is 0 Å². The molecule has 0 amide bonds. The van der Waals surface area contributed by atoms with Crippen molar-refractivity contribution in [3.63, 3.8) is 0 Å². The van der Waals surface area contributed by atoms with E-state index in [4.69, 9.17) is 11.1 Å². The maximum atomic E-state index is 7.44. The average molecular weight is 237 g/mol. The minimum absolute atomic E-state index is 0.0233. The maximum absolute atomic E-state index is 7.44. The van der Waals surface area contributed by atoms with Crippen LogP contribution >= 0.6 is 0 Å². The van der Waals surface area contributed by atoms with Gasteiger partial charge in [0, 0.05) is 17.1 Å². The lowest BCUT2D eigenvalue weighted by Crippen LogP contribution is -2.12. The summed E-state index contributed by atoms with van der Waals surface area (Å²) in [6.07, 6.45) is 3.42. The third-order valence-corrected chi connectivity index (χ3v) is 2.75. The number of aromatic nitrogens is 3. The van der Waals surface area contributed by atoms with Crippen LogP contribution in [-0.2, 0) is 0 Å². The number of amidine groups is 1. The molecule has 0 atom stereocenters. The molecular weight excluding hydrogens is 226 g/mol. The highest BCUT2D eigenvalue weighted by Crippen LogP contribution is 2.16. The van der Waals surface area contributed by atoms with Crippen molar-refractivity contribution in [2.45, 2.75) is 0 Å². The van der Waals surface area contributed by atoms with Crippen LogP contribution in [0.25, 0.3) is 16.7 Å². The molecule has 0 unspecified atom stereocenters. The van der Waals surface area contributed by atoms with E-state index < -0.39 is 0 Å². The van der Waals surface area contributed by atoms with Gasteiger partial charge < -0.3 is 5.73 Å². The standard InChI is InChI=1S/C13H11N5/c14-13(15)9-5-6-16-12(7-9)18-11-4-2-1-3-10(11)8-17-18/h1-8H,(H3,14,15). The molecular formula is C13H11N5. The minimum atomic E-state index is 0.0233. The van der Waals surface area contributed by atoms with Crippen LogP contribution in [0.15, 0.2) is 48.8 Å². The van der Waals surface area contributed by atoms with E-state index in [-0.39, 0.29) is 5.84 Å². The zero-order chi connectivity index (χ0) is 12.5. The third kappa shape index (κ3) is 1.62. The highest BCUT2D eigenvalue weighted by Gasteiger charge is 2.06. The predicted molar refractivity (Wildman–Crippen MR) is 69.9 cm³/mol. The lowest BCUT2D eigenvalue weighted by atomic mass is 10.2. The van der Waals surface area contributed by atoms with Crippen LogP contribution in [0.2, 0.25) is 0 Å². The molecule has 0 saturated heterocycles. The number of pyridine rings is 1. The van der Waals surface area contributed by atoms with Gasteiger partial charge in [0.15, 0.2) is 5.82 Å². The number of nitrogen functional groups attached to an aromatic ring is 1. The van der Waals surface area contributed by atoms with Crippen molar-refractivity contribution in [2.24, 2.45) is 5.73 Å². The zero-order valence-corrected chi connectivity index (χ0v) is 9.54. The first kappa shape index (κ1) is 10.5. The highest BCUT2D eigenvalue weighted by molar-refractivity contribution is 5.95. The summed E-state index contributed by atoms with van der Waals surface area (Å²) < 4.78 is 1.74. The molecule has 2 aromatic heterocycles. The van der Waals surface area contributed by atoms with Crippen LogP contribution in [0.4, 0.5) is 0 Å². The minimum Gasteiger partial charge on any atom is -0.384 e. The van der Waals surface area contributed by atoms with Crippen molar-refractivity contribution in [1.29, 1.82) is 5.41 Å². The molecule has 0 aliphatic heterocycles. The van der Waals surface area contributed by atoms with Gasteiger partial charge in [0.1, 0.15) is 5.84 Å². The van der Waals surface area contributed by atoms with E-state index in [1.165, 1.54) is 0 Å². The van der Waals surface area contributed by atoms with E-state index in [1.54, 1.807) is 29.2 Å². The number of rotatable bonds is 2. The Balaban J connectivity index is 2.20. The second-order valence-corrected chi connectivity index (χ2v) is 3.93. The Hall–Kier alpha value is -2.69. The number of hydrogen-bond donors (Lipinski definition) is 2. The summed E-state index contributed by atoms with van der Waals surface area (Å²) >= 11 is 0. The van der Waals surface area contributed by atoms with E-state index in [0.717, 1.165) is 10.9 Å². The van der Waals surface area contributed by atoms with Crippen LogP contribution in [0.1, 0.15) is 5.56 Å². The Morgan fingerprint density at radius 2 is 2.06 bits per heavy atom. The van der Waals surface area contributed by atoms with Crippen LogP contribution in [-0.4, -0.2) is 20.6 Å². The second-order valence-electron chi connectivity index (χ2n) is 3.93. The Bertz CT molecular complexity index is 729. The fourth-order valence-electron chi connectivity index (χ4n) is 1.86. The van der Waals surface area contributed by atoms with E-state index in [0.29, 0.717) is 11.4 Å². The molecule has 5 nitrogen and oxygen atoms in total. The van der Waals surface area contributed by atoms with Gasteiger partial charge in [-0.25, -0.2) is 9.67 Å². The average Bonchev–Trinajstić information content (AvgIpc) is 2.82. The van der Waals surface area contributed by atoms with Crippen LogP contribution in [0.3, 0.4) is 0 Å². The van der Waals surface area contributed by atoms with Crippen molar-refractivity contribution < 1.29 is 0 Å². The van der Waals surface area contributed by atoms with E-state index in [1.807, 2.05) is 24.3 Å². The highest BCUT2D eigenvalue weighted by atomic mass is 15.3. The van der Waals surface area contributed by atoms with Gasteiger partial charge >= 0.3 is 0 Å². The number of hydrogen-bond acceptors (Lipinski definition) is 3. The van der Waals surface area contributed by atoms with Crippen molar-refractivity contribution in [1.82, 2.24) is 14.8 Å². The lowest BCUT2D eigenvalue weighted by Gasteiger charge is -2.04. The summed E-state index contributed by atoms with van der Waals surface area (Å²) in [5.74, 6) is 0.680. The van der Waals surface area contributed by atoms with Gasteiger partial charge in [0.2, 0.25) is 0 Å². The Morgan fingerprint density at radius 1 is 1.22 bits per heavy atom. The van der Waals surface area contributed by atoms with Gasteiger partial charge in [0.25, 0.3) is 0 Å². The first-order chi connectivity index (χ1) is 8.75. The van der Waals surface area contributed by atoms with Crippen LogP contribution < -0.4 is 5.73 Å². The number of nitrogens with zero attached hydrogens (tertiary/aromatic N) is 3. The molecule has 88 valence electrons. The van der Waals surface area contributed by atoms with Gasteiger partial charge in [-0.1, -0.05) is 18.2 Å². The Labute approximate surface area is 103 Å². The normalized spacial score (nSPS) is 10.7. The molecule has 18 heavy (non-hydrogen) atoms. The molecule has 0 saturated carbocycles. The maximum Gasteiger partial charge on any atom is 0.154 e. The van der Waals surface area contributed by atoms with E-state index in [2.05, 4.69) is 10.1 Å². The third-order valence-electron chi connectivity index (χ3n) is 2.75. The zero-order valence-electron chi connectivity index (χ0n) is 9.54. The molecule has 0 aliphatic rings. The SMILES string of the molecule is N=C(N)c1ccnc(-n2ncc3ccccc32)c1. The molecule has 3 rings (SSSR count). The number of para-hydroxylation sites is 1. The summed E-state index contributed by atoms with van der Waals surface area (Å²) in [7, 11) is 0. The molecule has 0 bridgehead atoms. The van der Waals surface area contributed by atoms with Crippen LogP contribution in [0, 0.1) is 5.41 Å². The van der Waals surface area contributed by atoms with E-state index in [9.17, 15) is 0 Å². The number of nitrogens with one attached hydrogen (secondary N) is 1. The van der Waals surface area contributed by atoms with Crippen molar-refractivity contribution >= 4 is 16.7 Å². The summed E-state index contributed by atoms with van der Waals surface area (Å²) in [6.45, 7) is 0. The first-order valence-corrected chi connectivity index (χ1v) is 5.49. The van der Waals surface area contributed by atoms with Crippen molar-refractivity contribution in [3.05, 3.63) is 54.4 Å². The summed E-state index contributed by atoms with van der Waals surface area (Å²) in [6, 6.07) is 11.3. The lowest BCUT2D eigenvalue weighted by molar-refractivity contribution is 0.874. The van der Waals surface area contributed by atoms with Crippen molar-refractivity contribution in [3.8, 4) is 5.82 Å². The second kappa shape index (κ2) is 3.96. The molecule has 2 heterocycles. The fraction of sp³-hybridized carbons (Fsp3) is 0. The predicted octanol–water partition coefficient (Wildman–Crippen LogP) is 1.70. The largest absolute Gasteiger partial charge is 0.384 e. The molecule has 3 N–H and O–H groups in total. The Kier molecular flexibility index (Phi) is 2.30. The van der Waals surface area contributed by atoms with Gasteiger partial charge in [-0.2, -0.15) is 5.10 Å². The molecule has 0 spiro atoms. The molecule has 5 heteroatoms. The molecule has 0 fully saturated rings. The quantitative estimate of drug-likeness (QED) is 0.526. The van der Waals surface area contributed by atoms with Gasteiger partial charge in [-0.3, -0.25) is 5.41 Å². The Morgan fingerprint density at radius 3 is 2.89 bits per heavy atom. The smallest absolute Gasteiger partial charge is 0.154 e. The first-order valence-electron chi connectivity index (χ1n) is 5.49. The van der Waals surface area contributed by atoms with E-state index >= 15 is 0 Å². The van der Waals surface area contributed by atoms with Gasteiger partial charge in [0.05, 0.1) is 11.7 Å². The molecule has 1 aromatic carbocycles. The van der Waals surface area contributed by atoms with Gasteiger partial charge in [-0.15, -0.1) is 0 Å². The summed E-state index contributed by atoms with van der Waals surface area (Å²) in [4.78, 5) is 4.26. The van der Waals surface area contributed by atoms with Crippen LogP contribution in [0.5, 0.6) is 0 Å². The monoisotopic (exact) mass is 237 g/mol.